The molecule has 0 bridgehead atoms. The van der Waals surface area contributed by atoms with E-state index in [4.69, 9.17) is 4.74 Å². The molecule has 2 amide bonds. The van der Waals surface area contributed by atoms with Gasteiger partial charge in [0.25, 0.3) is 5.91 Å². The van der Waals surface area contributed by atoms with Crippen LogP contribution >= 0.6 is 0 Å². The van der Waals surface area contributed by atoms with Crippen molar-refractivity contribution in [3.05, 3.63) is 77.4 Å². The van der Waals surface area contributed by atoms with Crippen molar-refractivity contribution in [1.82, 2.24) is 0 Å². The maximum absolute atomic E-state index is 12.8. The van der Waals surface area contributed by atoms with Gasteiger partial charge in [0.1, 0.15) is 5.75 Å². The van der Waals surface area contributed by atoms with E-state index in [1.165, 1.54) is 0 Å². The van der Waals surface area contributed by atoms with Gasteiger partial charge in [0, 0.05) is 29.5 Å². The van der Waals surface area contributed by atoms with E-state index in [1.54, 1.807) is 31.2 Å². The lowest BCUT2D eigenvalue weighted by Gasteiger charge is -2.13. The number of amides is 2. The van der Waals surface area contributed by atoms with E-state index in [2.05, 4.69) is 11.4 Å². The zero-order valence-corrected chi connectivity index (χ0v) is 16.7. The number of aryl methyl sites for hydroxylation is 1. The van der Waals surface area contributed by atoms with Gasteiger partial charge in [-0.05, 0) is 54.4 Å². The van der Waals surface area contributed by atoms with Gasteiger partial charge in [0.05, 0.1) is 13.5 Å². The molecule has 29 heavy (non-hydrogen) atoms. The summed E-state index contributed by atoms with van der Waals surface area (Å²) >= 11 is 0. The normalized spacial score (nSPS) is 12.7. The van der Waals surface area contributed by atoms with E-state index in [1.807, 2.05) is 49.4 Å². The zero-order valence-electron chi connectivity index (χ0n) is 16.7. The van der Waals surface area contributed by atoms with Gasteiger partial charge in [-0.1, -0.05) is 29.8 Å². The average molecular weight is 386 g/mol. The van der Waals surface area contributed by atoms with Crippen LogP contribution in [-0.2, 0) is 11.2 Å². The van der Waals surface area contributed by atoms with Gasteiger partial charge in [-0.3, -0.25) is 9.59 Å². The number of carbonyl (C=O) groups is 2. The Morgan fingerprint density at radius 3 is 2.66 bits per heavy atom. The number of nitrogens with zero attached hydrogens (tertiary/aromatic N) is 1. The van der Waals surface area contributed by atoms with Crippen molar-refractivity contribution in [3.8, 4) is 16.9 Å². The molecule has 1 aliphatic rings. The Morgan fingerprint density at radius 1 is 1.07 bits per heavy atom. The van der Waals surface area contributed by atoms with Crippen LogP contribution in [0.4, 0.5) is 11.4 Å². The number of rotatable bonds is 4. The number of nitrogens with one attached hydrogen (secondary N) is 1. The van der Waals surface area contributed by atoms with E-state index in [9.17, 15) is 9.59 Å². The van der Waals surface area contributed by atoms with Gasteiger partial charge < -0.3 is 15.0 Å². The maximum Gasteiger partial charge on any atom is 0.255 e. The van der Waals surface area contributed by atoms with Crippen LogP contribution in [0.15, 0.2) is 60.7 Å². The van der Waals surface area contributed by atoms with Crippen LogP contribution in [0.5, 0.6) is 5.75 Å². The molecule has 0 atom stereocenters. The third kappa shape index (κ3) is 3.59. The molecule has 0 aliphatic carbocycles. The highest BCUT2D eigenvalue weighted by molar-refractivity contribution is 6.06. The predicted molar refractivity (Wildman–Crippen MR) is 115 cm³/mol. The van der Waals surface area contributed by atoms with E-state index >= 15 is 0 Å². The quantitative estimate of drug-likeness (QED) is 0.721. The summed E-state index contributed by atoms with van der Waals surface area (Å²) in [4.78, 5) is 26.3. The molecule has 4 rings (SSSR count). The number of hydrogen-bond donors (Lipinski definition) is 1. The van der Waals surface area contributed by atoms with Crippen molar-refractivity contribution < 1.29 is 14.3 Å². The Labute approximate surface area is 169 Å². The second-order valence-corrected chi connectivity index (χ2v) is 7.21. The number of ether oxygens (including phenoxy) is 1. The van der Waals surface area contributed by atoms with Crippen molar-refractivity contribution in [1.29, 1.82) is 0 Å². The van der Waals surface area contributed by atoms with E-state index in [0.717, 1.165) is 27.9 Å². The zero-order chi connectivity index (χ0) is 20.5. The third-order valence-corrected chi connectivity index (χ3v) is 5.21. The Balaban J connectivity index is 1.58. The van der Waals surface area contributed by atoms with Gasteiger partial charge in [-0.2, -0.15) is 0 Å². The SMILES string of the molecule is COc1cc(C(=O)Nc2ccc3c(c2)CC(=O)N3C)ccc1-c1cccc(C)c1. The second-order valence-electron chi connectivity index (χ2n) is 7.21. The molecule has 0 saturated carbocycles. The summed E-state index contributed by atoms with van der Waals surface area (Å²) in [5.41, 5.74) is 6.12. The Hall–Kier alpha value is -3.60. The monoisotopic (exact) mass is 386 g/mol. The second kappa shape index (κ2) is 7.43. The van der Waals surface area contributed by atoms with Crippen LogP contribution in [0.25, 0.3) is 11.1 Å². The minimum absolute atomic E-state index is 0.0555. The lowest BCUT2D eigenvalue weighted by atomic mass is 10.0. The fourth-order valence-electron chi connectivity index (χ4n) is 3.63. The van der Waals surface area contributed by atoms with Gasteiger partial charge in [-0.25, -0.2) is 0 Å². The van der Waals surface area contributed by atoms with E-state index in [0.29, 0.717) is 23.4 Å². The van der Waals surface area contributed by atoms with Crippen molar-refractivity contribution >= 4 is 23.2 Å². The first-order valence-corrected chi connectivity index (χ1v) is 9.42. The highest BCUT2D eigenvalue weighted by atomic mass is 16.5. The third-order valence-electron chi connectivity index (χ3n) is 5.21. The number of fused-ring (bicyclic) bond motifs is 1. The first kappa shape index (κ1) is 18.7. The van der Waals surface area contributed by atoms with Crippen LogP contribution < -0.4 is 15.0 Å². The average Bonchev–Trinajstić information content (AvgIpc) is 3.00. The van der Waals surface area contributed by atoms with E-state index in [-0.39, 0.29) is 11.8 Å². The molecule has 0 spiro atoms. The fraction of sp³-hybridized carbons (Fsp3) is 0.167. The summed E-state index contributed by atoms with van der Waals surface area (Å²) < 4.78 is 5.54. The molecular weight excluding hydrogens is 364 g/mol. The Morgan fingerprint density at radius 2 is 1.90 bits per heavy atom. The largest absolute Gasteiger partial charge is 0.496 e. The molecule has 5 nitrogen and oxygen atoms in total. The van der Waals surface area contributed by atoms with Crippen molar-refractivity contribution in [3.63, 3.8) is 0 Å². The van der Waals surface area contributed by atoms with Gasteiger partial charge >= 0.3 is 0 Å². The summed E-state index contributed by atoms with van der Waals surface area (Å²) in [5.74, 6) is 0.473. The molecule has 1 aliphatic heterocycles. The molecular formula is C24H22N2O3. The van der Waals surface area contributed by atoms with Gasteiger partial charge in [0.15, 0.2) is 0 Å². The first-order chi connectivity index (χ1) is 14.0. The minimum Gasteiger partial charge on any atom is -0.496 e. The van der Waals surface area contributed by atoms with Crippen LogP contribution in [0.2, 0.25) is 0 Å². The number of likely N-dealkylation sites (N-methyl/N-ethyl adjacent to an activating group) is 1. The smallest absolute Gasteiger partial charge is 0.255 e. The molecule has 5 heteroatoms. The number of hydrogen-bond acceptors (Lipinski definition) is 3. The number of carbonyl (C=O) groups excluding carboxylic acids is 2. The van der Waals surface area contributed by atoms with Crippen LogP contribution in [0.1, 0.15) is 21.5 Å². The molecule has 0 fully saturated rings. The summed E-state index contributed by atoms with van der Waals surface area (Å²) in [6, 6.07) is 19.1. The minimum atomic E-state index is -0.225. The van der Waals surface area contributed by atoms with Crippen LogP contribution in [-0.4, -0.2) is 26.0 Å². The highest BCUT2D eigenvalue weighted by Crippen LogP contribution is 2.32. The number of methoxy groups -OCH3 is 1. The molecule has 0 aromatic heterocycles. The Kier molecular flexibility index (Phi) is 4.80. The Bertz CT molecular complexity index is 1120. The van der Waals surface area contributed by atoms with Crippen LogP contribution in [0.3, 0.4) is 0 Å². The molecule has 0 unspecified atom stereocenters. The predicted octanol–water partition coefficient (Wildman–Crippen LogP) is 4.44. The van der Waals surface area contributed by atoms with E-state index < -0.39 is 0 Å². The van der Waals surface area contributed by atoms with Crippen molar-refractivity contribution in [2.45, 2.75) is 13.3 Å². The molecule has 3 aromatic rings. The molecule has 0 radical (unpaired) electrons. The van der Waals surface area contributed by atoms with Crippen molar-refractivity contribution in [2.75, 3.05) is 24.4 Å². The summed E-state index contributed by atoms with van der Waals surface area (Å²) in [7, 11) is 3.36. The first-order valence-electron chi connectivity index (χ1n) is 9.42. The fourth-order valence-corrected chi connectivity index (χ4v) is 3.63. The molecule has 1 heterocycles. The molecule has 3 aromatic carbocycles. The maximum atomic E-state index is 12.8. The van der Waals surface area contributed by atoms with Gasteiger partial charge in [0.2, 0.25) is 5.91 Å². The van der Waals surface area contributed by atoms with Crippen LogP contribution in [0, 0.1) is 6.92 Å². The lowest BCUT2D eigenvalue weighted by Crippen LogP contribution is -2.20. The molecule has 1 N–H and O–H groups in total. The van der Waals surface area contributed by atoms with Crippen molar-refractivity contribution in [2.24, 2.45) is 0 Å². The van der Waals surface area contributed by atoms with Gasteiger partial charge in [-0.15, -0.1) is 0 Å². The summed E-state index contributed by atoms with van der Waals surface area (Å²) in [6.45, 7) is 2.04. The number of anilines is 2. The molecule has 146 valence electrons. The highest BCUT2D eigenvalue weighted by Gasteiger charge is 2.24. The lowest BCUT2D eigenvalue weighted by molar-refractivity contribution is -0.117. The number of benzene rings is 3. The summed E-state index contributed by atoms with van der Waals surface area (Å²) in [6.07, 6.45) is 0.356. The molecule has 0 saturated heterocycles. The standard InChI is InChI=1S/C24H22N2O3/c1-15-5-4-6-16(11-15)20-9-7-17(13-22(20)29-3)24(28)25-19-8-10-21-18(12-19)14-23(27)26(21)2/h4-13H,14H2,1-3H3,(H,25,28). The summed E-state index contributed by atoms with van der Waals surface area (Å²) in [5, 5.41) is 2.91. The topological polar surface area (TPSA) is 58.6 Å².